The zero-order valence-electron chi connectivity index (χ0n) is 13.9. The van der Waals surface area contributed by atoms with Gasteiger partial charge in [-0.05, 0) is 24.0 Å². The highest BCUT2D eigenvalue weighted by atomic mass is 16.5. The Bertz CT molecular complexity index is 638. The van der Waals surface area contributed by atoms with Crippen molar-refractivity contribution >= 4 is 17.3 Å². The first-order valence-electron chi connectivity index (χ1n) is 8.39. The van der Waals surface area contributed by atoms with Gasteiger partial charge in [0.1, 0.15) is 0 Å². The number of Topliss-reactive ketones (excluding diaryl/α,β-unsaturated/α-hetero) is 1. The van der Waals surface area contributed by atoms with Crippen LogP contribution in [0.15, 0.2) is 35.9 Å². The minimum atomic E-state index is -0.159. The summed E-state index contributed by atoms with van der Waals surface area (Å²) in [5.74, 6) is -0.0709. The molecular formula is C19H23NO4. The van der Waals surface area contributed by atoms with Crippen molar-refractivity contribution in [2.45, 2.75) is 37.8 Å². The van der Waals surface area contributed by atoms with E-state index in [1.165, 1.54) is 0 Å². The average molecular weight is 329 g/mol. The molecule has 24 heavy (non-hydrogen) atoms. The summed E-state index contributed by atoms with van der Waals surface area (Å²) in [6.45, 7) is 1.09. The second kappa shape index (κ2) is 7.73. The minimum absolute atomic E-state index is 0.0375. The summed E-state index contributed by atoms with van der Waals surface area (Å²) in [7, 11) is 1.64. The first-order valence-corrected chi connectivity index (χ1v) is 8.39. The highest BCUT2D eigenvalue weighted by Gasteiger charge is 2.30. The fourth-order valence-corrected chi connectivity index (χ4v) is 3.43. The molecule has 1 fully saturated rings. The summed E-state index contributed by atoms with van der Waals surface area (Å²) in [5, 5.41) is 2.96. The van der Waals surface area contributed by atoms with Crippen LogP contribution in [0.5, 0.6) is 0 Å². The molecule has 0 spiro atoms. The zero-order chi connectivity index (χ0) is 16.9. The van der Waals surface area contributed by atoms with E-state index < -0.39 is 0 Å². The lowest BCUT2D eigenvalue weighted by atomic mass is 9.99. The first-order chi connectivity index (χ1) is 11.7. The van der Waals surface area contributed by atoms with Gasteiger partial charge < -0.3 is 14.8 Å². The van der Waals surface area contributed by atoms with E-state index in [1.807, 2.05) is 30.3 Å². The smallest absolute Gasteiger partial charge is 0.224 e. The van der Waals surface area contributed by atoms with Gasteiger partial charge in [0.05, 0.1) is 25.2 Å². The molecule has 128 valence electrons. The van der Waals surface area contributed by atoms with Crippen LogP contribution in [0.3, 0.4) is 0 Å². The monoisotopic (exact) mass is 329 g/mol. The zero-order valence-corrected chi connectivity index (χ0v) is 13.9. The normalized spacial score (nSPS) is 24.3. The number of carbonyl (C=O) groups excluding carboxylic acids is 2. The van der Waals surface area contributed by atoms with Crippen LogP contribution in [0, 0.1) is 0 Å². The maximum Gasteiger partial charge on any atom is 0.224 e. The summed E-state index contributed by atoms with van der Waals surface area (Å²) in [4.78, 5) is 24.7. The summed E-state index contributed by atoms with van der Waals surface area (Å²) in [6.07, 6.45) is 2.04. The van der Waals surface area contributed by atoms with Gasteiger partial charge in [-0.1, -0.05) is 30.3 Å². The molecule has 1 amide bonds. The number of rotatable bonds is 5. The maximum atomic E-state index is 12.4. The number of ether oxygens (including phenoxy) is 2. The number of hydrogen-bond acceptors (Lipinski definition) is 4. The van der Waals surface area contributed by atoms with Gasteiger partial charge in [-0.15, -0.1) is 0 Å². The van der Waals surface area contributed by atoms with Gasteiger partial charge in [-0.25, -0.2) is 0 Å². The Hall–Kier alpha value is -1.98. The van der Waals surface area contributed by atoms with E-state index in [0.717, 1.165) is 17.6 Å². The topological polar surface area (TPSA) is 64.6 Å². The Morgan fingerprint density at radius 3 is 2.83 bits per heavy atom. The standard InChI is InChI=1S/C19H23NO4/c1-23-18-9-10-24-12-16(18)20-19(22)11-15-14(7-8-17(15)21)13-5-3-2-4-6-13/h2-6,16,18H,7-12H2,1H3,(H,20,22)/t16-,18-/m1/s1. The van der Waals surface area contributed by atoms with E-state index in [9.17, 15) is 9.59 Å². The van der Waals surface area contributed by atoms with Crippen LogP contribution in [0.4, 0.5) is 0 Å². The number of hydrogen-bond donors (Lipinski definition) is 1. The minimum Gasteiger partial charge on any atom is -0.379 e. The van der Waals surface area contributed by atoms with Crippen molar-refractivity contribution in [3.05, 3.63) is 41.5 Å². The predicted octanol–water partition coefficient (Wildman–Crippen LogP) is 2.11. The summed E-state index contributed by atoms with van der Waals surface area (Å²) in [5.41, 5.74) is 2.67. The van der Waals surface area contributed by atoms with Gasteiger partial charge in [-0.2, -0.15) is 0 Å². The molecule has 2 atom stereocenters. The van der Waals surface area contributed by atoms with Crippen LogP contribution in [-0.2, 0) is 19.1 Å². The summed E-state index contributed by atoms with van der Waals surface area (Å²) < 4.78 is 10.8. The van der Waals surface area contributed by atoms with E-state index >= 15 is 0 Å². The lowest BCUT2D eigenvalue weighted by Crippen LogP contribution is -2.50. The van der Waals surface area contributed by atoms with Crippen molar-refractivity contribution in [1.29, 1.82) is 0 Å². The van der Waals surface area contributed by atoms with Crippen molar-refractivity contribution in [2.24, 2.45) is 0 Å². The molecule has 1 aromatic carbocycles. The second-order valence-corrected chi connectivity index (χ2v) is 6.23. The first kappa shape index (κ1) is 16.9. The van der Waals surface area contributed by atoms with Gasteiger partial charge in [-0.3, -0.25) is 9.59 Å². The molecule has 5 heteroatoms. The van der Waals surface area contributed by atoms with Crippen molar-refractivity contribution in [3.63, 3.8) is 0 Å². The van der Waals surface area contributed by atoms with Crippen LogP contribution in [0.1, 0.15) is 31.2 Å². The second-order valence-electron chi connectivity index (χ2n) is 6.23. The van der Waals surface area contributed by atoms with E-state index in [0.29, 0.717) is 31.6 Å². The van der Waals surface area contributed by atoms with Crippen LogP contribution >= 0.6 is 0 Å². The molecule has 0 bridgehead atoms. The SMILES string of the molecule is CO[C@@H]1CCOC[C@H]1NC(=O)CC1=C(c2ccccc2)CCC1=O. The van der Waals surface area contributed by atoms with Gasteiger partial charge >= 0.3 is 0 Å². The van der Waals surface area contributed by atoms with Crippen LogP contribution in [0.2, 0.25) is 0 Å². The molecule has 0 unspecified atom stereocenters. The fraction of sp³-hybridized carbons (Fsp3) is 0.474. The molecule has 0 radical (unpaired) electrons. The van der Waals surface area contributed by atoms with Crippen LogP contribution < -0.4 is 5.32 Å². The summed E-state index contributed by atoms with van der Waals surface area (Å²) >= 11 is 0. The van der Waals surface area contributed by atoms with E-state index in [1.54, 1.807) is 7.11 Å². The molecule has 1 N–H and O–H groups in total. The number of ketones is 1. The largest absolute Gasteiger partial charge is 0.379 e. The van der Waals surface area contributed by atoms with Gasteiger partial charge in [0, 0.05) is 25.7 Å². The van der Waals surface area contributed by atoms with Crippen LogP contribution in [0.25, 0.3) is 5.57 Å². The molecule has 1 aliphatic heterocycles. The third kappa shape index (κ3) is 3.74. The number of methoxy groups -OCH3 is 1. The molecule has 2 aliphatic rings. The van der Waals surface area contributed by atoms with Crippen LogP contribution in [-0.4, -0.2) is 44.2 Å². The Balaban J connectivity index is 1.71. The predicted molar refractivity (Wildman–Crippen MR) is 90.4 cm³/mol. The fourth-order valence-electron chi connectivity index (χ4n) is 3.43. The Morgan fingerprint density at radius 1 is 1.29 bits per heavy atom. The number of allylic oxidation sites excluding steroid dienone is 1. The highest BCUT2D eigenvalue weighted by molar-refractivity contribution is 6.10. The van der Waals surface area contributed by atoms with Crippen molar-refractivity contribution in [2.75, 3.05) is 20.3 Å². The summed E-state index contributed by atoms with van der Waals surface area (Å²) in [6, 6.07) is 9.66. The number of carbonyl (C=O) groups is 2. The molecule has 1 aromatic rings. The molecular weight excluding hydrogens is 306 g/mol. The average Bonchev–Trinajstić information content (AvgIpc) is 2.97. The molecule has 1 heterocycles. The maximum absolute atomic E-state index is 12.4. The Morgan fingerprint density at radius 2 is 2.08 bits per heavy atom. The van der Waals surface area contributed by atoms with E-state index in [-0.39, 0.29) is 30.3 Å². The highest BCUT2D eigenvalue weighted by Crippen LogP contribution is 2.33. The molecule has 3 rings (SSSR count). The third-order valence-electron chi connectivity index (χ3n) is 4.70. The molecule has 0 aromatic heterocycles. The van der Waals surface area contributed by atoms with Gasteiger partial charge in [0.2, 0.25) is 5.91 Å². The molecule has 1 aliphatic carbocycles. The third-order valence-corrected chi connectivity index (χ3v) is 4.70. The number of benzene rings is 1. The lowest BCUT2D eigenvalue weighted by Gasteiger charge is -2.31. The van der Waals surface area contributed by atoms with Gasteiger partial charge in [0.25, 0.3) is 0 Å². The van der Waals surface area contributed by atoms with Crippen molar-refractivity contribution < 1.29 is 19.1 Å². The van der Waals surface area contributed by atoms with Gasteiger partial charge in [0.15, 0.2) is 5.78 Å². The van der Waals surface area contributed by atoms with Crippen molar-refractivity contribution in [3.8, 4) is 0 Å². The lowest BCUT2D eigenvalue weighted by molar-refractivity contribution is -0.125. The quantitative estimate of drug-likeness (QED) is 0.899. The van der Waals surface area contributed by atoms with E-state index in [2.05, 4.69) is 5.32 Å². The molecule has 1 saturated heterocycles. The van der Waals surface area contributed by atoms with E-state index in [4.69, 9.17) is 9.47 Å². The number of amides is 1. The molecule has 5 nitrogen and oxygen atoms in total. The van der Waals surface area contributed by atoms with Crippen molar-refractivity contribution in [1.82, 2.24) is 5.32 Å². The Labute approximate surface area is 142 Å². The molecule has 0 saturated carbocycles. The Kier molecular flexibility index (Phi) is 5.43. The number of nitrogens with one attached hydrogen (secondary N) is 1.